The van der Waals surface area contributed by atoms with Crippen molar-refractivity contribution in [1.82, 2.24) is 9.21 Å². The maximum atomic E-state index is 13.5. The van der Waals surface area contributed by atoms with E-state index in [0.29, 0.717) is 16.3 Å². The molecular formula is C25H21ClFN3O4S. The third kappa shape index (κ3) is 5.46. The Balaban J connectivity index is 1.57. The molecule has 180 valence electrons. The summed E-state index contributed by atoms with van der Waals surface area (Å²) in [6.07, 6.45) is 0. The molecule has 0 aliphatic carbocycles. The quantitative estimate of drug-likeness (QED) is 0.497. The SMILES string of the molecule is Cc1cc(Cl)cc(Oc2ccc(C#N)cc2S(=O)(=O)N2CCN(C(=O)c3ccc(F)cc3)CC2)c1. The molecule has 0 saturated carbocycles. The number of aryl methyl sites for hydroxylation is 1. The van der Waals surface area contributed by atoms with E-state index < -0.39 is 15.8 Å². The second-order valence-electron chi connectivity index (χ2n) is 8.04. The molecule has 3 aromatic rings. The molecule has 1 amide bonds. The van der Waals surface area contributed by atoms with Gasteiger partial charge in [-0.15, -0.1) is 0 Å². The first kappa shape index (κ1) is 24.7. The lowest BCUT2D eigenvalue weighted by molar-refractivity contribution is 0.0697. The number of rotatable bonds is 5. The molecule has 3 aromatic carbocycles. The Bertz CT molecular complexity index is 1390. The van der Waals surface area contributed by atoms with Crippen LogP contribution in [0.1, 0.15) is 21.5 Å². The predicted molar refractivity (Wildman–Crippen MR) is 128 cm³/mol. The maximum absolute atomic E-state index is 13.5. The third-order valence-electron chi connectivity index (χ3n) is 5.55. The minimum Gasteiger partial charge on any atom is -0.456 e. The normalized spacial score (nSPS) is 14.4. The van der Waals surface area contributed by atoms with Crippen LogP contribution in [0.3, 0.4) is 0 Å². The van der Waals surface area contributed by atoms with E-state index in [-0.39, 0.29) is 48.3 Å². The fourth-order valence-electron chi connectivity index (χ4n) is 3.80. The summed E-state index contributed by atoms with van der Waals surface area (Å²) in [5.41, 5.74) is 1.34. The molecule has 0 atom stereocenters. The molecule has 10 heteroatoms. The van der Waals surface area contributed by atoms with Gasteiger partial charge < -0.3 is 9.64 Å². The smallest absolute Gasteiger partial charge is 0.253 e. The van der Waals surface area contributed by atoms with Gasteiger partial charge in [-0.3, -0.25) is 4.79 Å². The number of halogens is 2. The van der Waals surface area contributed by atoms with Gasteiger partial charge in [0, 0.05) is 36.8 Å². The second kappa shape index (κ2) is 10.0. The topological polar surface area (TPSA) is 90.7 Å². The number of nitrogens with zero attached hydrogens (tertiary/aromatic N) is 3. The van der Waals surface area contributed by atoms with Crippen molar-refractivity contribution < 1.29 is 22.3 Å². The van der Waals surface area contributed by atoms with Crippen LogP contribution in [0.15, 0.2) is 65.6 Å². The maximum Gasteiger partial charge on any atom is 0.253 e. The summed E-state index contributed by atoms with van der Waals surface area (Å²) in [6, 6.07) is 16.4. The number of nitriles is 1. The van der Waals surface area contributed by atoms with Crippen LogP contribution in [0.2, 0.25) is 5.02 Å². The van der Waals surface area contributed by atoms with Crippen molar-refractivity contribution in [2.45, 2.75) is 11.8 Å². The van der Waals surface area contributed by atoms with Crippen LogP contribution in [-0.4, -0.2) is 49.7 Å². The fraction of sp³-hybridized carbons (Fsp3) is 0.200. The highest BCUT2D eigenvalue weighted by Gasteiger charge is 2.33. The van der Waals surface area contributed by atoms with Gasteiger partial charge in [0.05, 0.1) is 11.6 Å². The third-order valence-corrected chi connectivity index (χ3v) is 7.69. The van der Waals surface area contributed by atoms with Crippen molar-refractivity contribution in [3.63, 3.8) is 0 Å². The van der Waals surface area contributed by atoms with Crippen LogP contribution in [-0.2, 0) is 10.0 Å². The molecule has 7 nitrogen and oxygen atoms in total. The molecule has 1 aliphatic rings. The molecule has 1 heterocycles. The fourth-order valence-corrected chi connectivity index (χ4v) is 5.64. The molecule has 0 unspecified atom stereocenters. The summed E-state index contributed by atoms with van der Waals surface area (Å²) < 4.78 is 47.4. The van der Waals surface area contributed by atoms with E-state index in [0.717, 1.165) is 5.56 Å². The highest BCUT2D eigenvalue weighted by molar-refractivity contribution is 7.89. The van der Waals surface area contributed by atoms with E-state index in [1.165, 1.54) is 51.7 Å². The molecule has 35 heavy (non-hydrogen) atoms. The Labute approximate surface area is 208 Å². The van der Waals surface area contributed by atoms with E-state index in [9.17, 15) is 22.9 Å². The lowest BCUT2D eigenvalue weighted by Crippen LogP contribution is -2.50. The molecular weight excluding hydrogens is 493 g/mol. The first-order chi connectivity index (χ1) is 16.7. The Morgan fingerprint density at radius 2 is 1.71 bits per heavy atom. The number of sulfonamides is 1. The first-order valence-corrected chi connectivity index (χ1v) is 12.5. The summed E-state index contributed by atoms with van der Waals surface area (Å²) in [5, 5.41) is 9.77. The van der Waals surface area contributed by atoms with Crippen LogP contribution in [0, 0.1) is 24.1 Å². The second-order valence-corrected chi connectivity index (χ2v) is 10.4. The largest absolute Gasteiger partial charge is 0.456 e. The van der Waals surface area contributed by atoms with Crippen LogP contribution < -0.4 is 4.74 Å². The molecule has 0 N–H and O–H groups in total. The summed E-state index contributed by atoms with van der Waals surface area (Å²) in [6.45, 7) is 2.28. The zero-order valence-corrected chi connectivity index (χ0v) is 20.3. The Kier molecular flexibility index (Phi) is 7.08. The van der Waals surface area contributed by atoms with Gasteiger partial charge in [0.2, 0.25) is 10.0 Å². The van der Waals surface area contributed by atoms with E-state index in [4.69, 9.17) is 16.3 Å². The Hall–Kier alpha value is -3.45. The zero-order chi connectivity index (χ0) is 25.2. The standard InChI is InChI=1S/C25H21ClFN3O4S/c1-17-12-20(26)15-22(13-17)34-23-7-2-18(16-28)14-24(23)35(32,33)30-10-8-29(9-11-30)25(31)19-3-5-21(27)6-4-19/h2-7,12-15H,8-11H2,1H3. The van der Waals surface area contributed by atoms with Crippen molar-refractivity contribution in [2.24, 2.45) is 0 Å². The van der Waals surface area contributed by atoms with Crippen LogP contribution in [0.5, 0.6) is 11.5 Å². The highest BCUT2D eigenvalue weighted by atomic mass is 35.5. The number of carbonyl (C=O) groups is 1. The van der Waals surface area contributed by atoms with Crippen molar-refractivity contribution in [3.05, 3.63) is 88.2 Å². The molecule has 0 bridgehead atoms. The van der Waals surface area contributed by atoms with Gasteiger partial charge in [0.1, 0.15) is 22.2 Å². The summed E-state index contributed by atoms with van der Waals surface area (Å²) in [7, 11) is -4.05. The van der Waals surface area contributed by atoms with Crippen LogP contribution >= 0.6 is 11.6 Å². The zero-order valence-electron chi connectivity index (χ0n) is 18.7. The van der Waals surface area contributed by atoms with Crippen molar-refractivity contribution >= 4 is 27.5 Å². The van der Waals surface area contributed by atoms with Gasteiger partial charge in [0.15, 0.2) is 0 Å². The summed E-state index contributed by atoms with van der Waals surface area (Å²) >= 11 is 6.11. The van der Waals surface area contributed by atoms with Gasteiger partial charge in [-0.1, -0.05) is 11.6 Å². The molecule has 1 fully saturated rings. The van der Waals surface area contributed by atoms with Gasteiger partial charge in [-0.25, -0.2) is 12.8 Å². The number of piperazine rings is 1. The van der Waals surface area contributed by atoms with Gasteiger partial charge >= 0.3 is 0 Å². The Morgan fingerprint density at radius 1 is 1.03 bits per heavy atom. The lowest BCUT2D eigenvalue weighted by Gasteiger charge is -2.34. The average Bonchev–Trinajstić information content (AvgIpc) is 2.83. The number of hydrogen-bond acceptors (Lipinski definition) is 5. The lowest BCUT2D eigenvalue weighted by atomic mass is 10.2. The van der Waals surface area contributed by atoms with Gasteiger partial charge in [-0.2, -0.15) is 9.57 Å². The number of amides is 1. The molecule has 1 saturated heterocycles. The van der Waals surface area contributed by atoms with Crippen LogP contribution in [0.4, 0.5) is 4.39 Å². The van der Waals surface area contributed by atoms with Gasteiger partial charge in [0.25, 0.3) is 5.91 Å². The Morgan fingerprint density at radius 3 is 2.34 bits per heavy atom. The summed E-state index contributed by atoms with van der Waals surface area (Å²) in [4.78, 5) is 14.1. The van der Waals surface area contributed by atoms with E-state index >= 15 is 0 Å². The number of ether oxygens (including phenoxy) is 1. The van der Waals surface area contributed by atoms with E-state index in [2.05, 4.69) is 0 Å². The highest BCUT2D eigenvalue weighted by Crippen LogP contribution is 2.33. The first-order valence-electron chi connectivity index (χ1n) is 10.7. The molecule has 4 rings (SSSR count). The average molecular weight is 514 g/mol. The number of benzene rings is 3. The summed E-state index contributed by atoms with van der Waals surface area (Å²) in [5.74, 6) is -0.307. The molecule has 0 spiro atoms. The molecule has 1 aliphatic heterocycles. The van der Waals surface area contributed by atoms with E-state index in [1.54, 1.807) is 18.2 Å². The monoisotopic (exact) mass is 513 g/mol. The van der Waals surface area contributed by atoms with Crippen molar-refractivity contribution in [1.29, 1.82) is 5.26 Å². The minimum atomic E-state index is -4.05. The van der Waals surface area contributed by atoms with Crippen molar-refractivity contribution in [2.75, 3.05) is 26.2 Å². The van der Waals surface area contributed by atoms with Crippen LogP contribution in [0.25, 0.3) is 0 Å². The molecule has 0 radical (unpaired) electrons. The van der Waals surface area contributed by atoms with E-state index in [1.807, 2.05) is 13.0 Å². The predicted octanol–water partition coefficient (Wildman–Crippen LogP) is 4.60. The molecule has 0 aromatic heterocycles. The number of hydrogen-bond donors (Lipinski definition) is 0. The van der Waals surface area contributed by atoms with Gasteiger partial charge in [-0.05, 0) is 73.2 Å². The number of carbonyl (C=O) groups excluding carboxylic acids is 1. The van der Waals surface area contributed by atoms with Crippen molar-refractivity contribution in [3.8, 4) is 17.6 Å². The minimum absolute atomic E-state index is 0.0573.